The van der Waals surface area contributed by atoms with Crippen LogP contribution in [0.25, 0.3) is 0 Å². The first kappa shape index (κ1) is 27.8. The van der Waals surface area contributed by atoms with E-state index in [0.29, 0.717) is 5.92 Å². The number of fused-ring (bicyclic) bond motifs is 1. The molecule has 2 bridgehead atoms. The van der Waals surface area contributed by atoms with Crippen molar-refractivity contribution in [3.05, 3.63) is 76.8 Å². The number of carbonyl (C=O) groups is 3. The molecule has 2 aromatic carbocycles. The molecule has 4 aliphatic rings. The molecule has 8 unspecified atom stereocenters. The molecule has 41 heavy (non-hydrogen) atoms. The minimum Gasteiger partial charge on any atom is -0.359 e. The fourth-order valence-corrected chi connectivity index (χ4v) is 7.28. The maximum absolute atomic E-state index is 14.8. The molecule has 7 nitrogen and oxygen atoms in total. The van der Waals surface area contributed by atoms with Gasteiger partial charge in [0.05, 0.1) is 23.0 Å². The number of carbonyl (C=O) groups excluding carboxylic acids is 3. The van der Waals surface area contributed by atoms with E-state index in [4.69, 9.17) is 16.3 Å². The smallest absolute Gasteiger partial charge is 0.246 e. The second-order valence-electron chi connectivity index (χ2n) is 11.8. The summed E-state index contributed by atoms with van der Waals surface area (Å²) in [5.41, 5.74) is -0.857. The Labute approximate surface area is 242 Å². The van der Waals surface area contributed by atoms with E-state index in [1.165, 1.54) is 23.1 Å². The van der Waals surface area contributed by atoms with Gasteiger partial charge in [-0.3, -0.25) is 14.4 Å². The molecule has 1 aliphatic carbocycles. The lowest BCUT2D eigenvalue weighted by Gasteiger charge is -2.38. The molecule has 6 rings (SSSR count). The predicted molar refractivity (Wildman–Crippen MR) is 149 cm³/mol. The van der Waals surface area contributed by atoms with Gasteiger partial charge < -0.3 is 20.3 Å². The highest BCUT2D eigenvalue weighted by Crippen LogP contribution is 2.55. The van der Waals surface area contributed by atoms with Crippen LogP contribution in [0.3, 0.4) is 0 Å². The number of amides is 3. The van der Waals surface area contributed by atoms with Crippen LogP contribution in [-0.2, 0) is 25.7 Å². The maximum atomic E-state index is 14.8. The number of halogens is 3. The molecule has 0 radical (unpaired) electrons. The Morgan fingerprint density at radius 2 is 1.88 bits per heavy atom. The standard InChI is InChI=1S/C31H32ClF2N3O4/c1-16-6-5-9-23(17(16)2)36-29(39)27-31-13-12-24(41-31)25(28(38)35-19-10-11-22(34)20(32)14-19)26(31)30(40)37(27)15-18-7-3-4-8-21(18)33/h3-4,7-8,10-14,16-17,23-27H,5-6,9,15H2,1-2H3,(H,35,38)(H,36,39). The van der Waals surface area contributed by atoms with E-state index in [0.717, 1.165) is 25.3 Å². The van der Waals surface area contributed by atoms with Crippen molar-refractivity contribution in [1.82, 2.24) is 10.2 Å². The number of nitrogens with one attached hydrogen (secondary N) is 2. The topological polar surface area (TPSA) is 87.7 Å². The highest BCUT2D eigenvalue weighted by molar-refractivity contribution is 6.31. The van der Waals surface area contributed by atoms with Crippen LogP contribution >= 0.6 is 11.6 Å². The number of hydrogen-bond donors (Lipinski definition) is 2. The summed E-state index contributed by atoms with van der Waals surface area (Å²) in [5, 5.41) is 5.76. The van der Waals surface area contributed by atoms with Gasteiger partial charge in [-0.15, -0.1) is 0 Å². The van der Waals surface area contributed by atoms with Crippen molar-refractivity contribution in [2.75, 3.05) is 5.32 Å². The summed E-state index contributed by atoms with van der Waals surface area (Å²) >= 11 is 5.90. The Morgan fingerprint density at radius 1 is 1.10 bits per heavy atom. The minimum atomic E-state index is -1.39. The lowest BCUT2D eigenvalue weighted by molar-refractivity contribution is -0.142. The molecular formula is C31H32ClF2N3O4. The van der Waals surface area contributed by atoms with Gasteiger partial charge in [-0.2, -0.15) is 0 Å². The third-order valence-electron chi connectivity index (χ3n) is 9.45. The summed E-state index contributed by atoms with van der Waals surface area (Å²) in [6.45, 7) is 4.14. The van der Waals surface area contributed by atoms with Gasteiger partial charge in [0.15, 0.2) is 0 Å². The molecule has 3 amide bonds. The third-order valence-corrected chi connectivity index (χ3v) is 9.73. The van der Waals surface area contributed by atoms with Gasteiger partial charge >= 0.3 is 0 Å². The second-order valence-corrected chi connectivity index (χ2v) is 12.2. The van der Waals surface area contributed by atoms with Crippen molar-refractivity contribution in [3.63, 3.8) is 0 Å². The molecule has 10 heteroatoms. The molecule has 216 valence electrons. The molecular weight excluding hydrogens is 552 g/mol. The number of benzene rings is 2. The number of nitrogens with zero attached hydrogens (tertiary/aromatic N) is 1. The van der Waals surface area contributed by atoms with Gasteiger partial charge in [0.2, 0.25) is 17.7 Å². The van der Waals surface area contributed by atoms with E-state index < -0.39 is 53.0 Å². The summed E-state index contributed by atoms with van der Waals surface area (Å²) in [4.78, 5) is 43.2. The summed E-state index contributed by atoms with van der Waals surface area (Å²) in [6, 6.07) is 8.75. The number of ether oxygens (including phenoxy) is 1. The van der Waals surface area contributed by atoms with E-state index in [1.54, 1.807) is 30.4 Å². The van der Waals surface area contributed by atoms with Crippen molar-refractivity contribution in [3.8, 4) is 0 Å². The fraction of sp³-hybridized carbons (Fsp3) is 0.452. The van der Waals surface area contributed by atoms with Gasteiger partial charge in [0.1, 0.15) is 23.3 Å². The zero-order valence-corrected chi connectivity index (χ0v) is 23.5. The molecule has 3 heterocycles. The van der Waals surface area contributed by atoms with Crippen LogP contribution in [-0.4, -0.2) is 46.4 Å². The maximum Gasteiger partial charge on any atom is 0.246 e. The fourth-order valence-electron chi connectivity index (χ4n) is 7.09. The van der Waals surface area contributed by atoms with Crippen molar-refractivity contribution < 1.29 is 27.9 Å². The van der Waals surface area contributed by atoms with Gasteiger partial charge in [0, 0.05) is 23.8 Å². The first-order valence-electron chi connectivity index (χ1n) is 14.1. The van der Waals surface area contributed by atoms with Gasteiger partial charge in [-0.1, -0.05) is 68.6 Å². The van der Waals surface area contributed by atoms with E-state index in [1.807, 2.05) is 0 Å². The van der Waals surface area contributed by atoms with Crippen LogP contribution in [0.4, 0.5) is 14.5 Å². The summed E-state index contributed by atoms with van der Waals surface area (Å²) in [5.74, 6) is -3.73. The predicted octanol–water partition coefficient (Wildman–Crippen LogP) is 4.85. The zero-order chi connectivity index (χ0) is 29.1. The van der Waals surface area contributed by atoms with Crippen molar-refractivity contribution in [1.29, 1.82) is 0 Å². The lowest BCUT2D eigenvalue weighted by Crippen LogP contribution is -2.57. The highest BCUT2D eigenvalue weighted by atomic mass is 35.5. The normalized spacial score (nSPS) is 33.6. The molecule has 1 saturated carbocycles. The Hall–Kier alpha value is -3.30. The first-order chi connectivity index (χ1) is 19.6. The van der Waals surface area contributed by atoms with E-state index in [-0.39, 0.29) is 40.7 Å². The van der Waals surface area contributed by atoms with Crippen LogP contribution in [0.5, 0.6) is 0 Å². The Balaban J connectivity index is 1.34. The second kappa shape index (κ2) is 10.5. The van der Waals surface area contributed by atoms with E-state index in [2.05, 4.69) is 24.5 Å². The van der Waals surface area contributed by atoms with E-state index >= 15 is 0 Å². The molecule has 3 fully saturated rings. The van der Waals surface area contributed by atoms with Crippen molar-refractivity contribution >= 4 is 35.0 Å². The van der Waals surface area contributed by atoms with Gasteiger partial charge in [-0.05, 0) is 42.5 Å². The average Bonchev–Trinajstić information content (AvgIpc) is 3.58. The molecule has 2 saturated heterocycles. The number of rotatable bonds is 6. The molecule has 3 aliphatic heterocycles. The lowest BCUT2D eigenvalue weighted by atomic mass is 9.73. The van der Waals surface area contributed by atoms with Crippen LogP contribution in [0.2, 0.25) is 5.02 Å². The average molecular weight is 584 g/mol. The monoisotopic (exact) mass is 583 g/mol. The van der Waals surface area contributed by atoms with Crippen LogP contribution in [0.15, 0.2) is 54.6 Å². The van der Waals surface area contributed by atoms with Crippen molar-refractivity contribution in [2.24, 2.45) is 23.7 Å². The van der Waals surface area contributed by atoms with Crippen molar-refractivity contribution in [2.45, 2.75) is 63.4 Å². The Kier molecular flexibility index (Phi) is 7.14. The number of anilines is 1. The van der Waals surface area contributed by atoms with Crippen LogP contribution in [0, 0.1) is 35.3 Å². The minimum absolute atomic E-state index is 0.0722. The zero-order valence-electron chi connectivity index (χ0n) is 22.8. The largest absolute Gasteiger partial charge is 0.359 e. The first-order valence-corrected chi connectivity index (χ1v) is 14.5. The van der Waals surface area contributed by atoms with Crippen LogP contribution < -0.4 is 10.6 Å². The van der Waals surface area contributed by atoms with Gasteiger partial charge in [0.25, 0.3) is 0 Å². The number of hydrogen-bond acceptors (Lipinski definition) is 4. The molecule has 1 spiro atoms. The SMILES string of the molecule is CC1CCCC(NC(=O)C2N(Cc3ccccc3F)C(=O)C3C(C(=O)Nc4ccc(F)c(Cl)c4)C4C=CC32O4)C1C. The highest BCUT2D eigenvalue weighted by Gasteiger charge is 2.72. The molecule has 2 aromatic rings. The van der Waals surface area contributed by atoms with Gasteiger partial charge in [-0.25, -0.2) is 8.78 Å². The number of likely N-dealkylation sites (tertiary alicyclic amines) is 1. The third kappa shape index (κ3) is 4.63. The van der Waals surface area contributed by atoms with E-state index in [9.17, 15) is 23.2 Å². The Bertz CT molecular complexity index is 1440. The molecule has 2 N–H and O–H groups in total. The molecule has 8 atom stereocenters. The summed E-state index contributed by atoms with van der Waals surface area (Å²) < 4.78 is 34.8. The summed E-state index contributed by atoms with van der Waals surface area (Å²) in [6.07, 6.45) is 5.60. The summed E-state index contributed by atoms with van der Waals surface area (Å²) in [7, 11) is 0. The Morgan fingerprint density at radius 3 is 2.63 bits per heavy atom. The molecule has 0 aromatic heterocycles. The quantitative estimate of drug-likeness (QED) is 0.476. The van der Waals surface area contributed by atoms with Crippen LogP contribution in [0.1, 0.15) is 38.7 Å².